The molecule has 104 valence electrons. The Morgan fingerprint density at radius 2 is 2.10 bits per heavy atom. The van der Waals surface area contributed by atoms with Crippen molar-refractivity contribution in [3.8, 4) is 11.1 Å². The summed E-state index contributed by atoms with van der Waals surface area (Å²) in [4.78, 5) is 12.1. The van der Waals surface area contributed by atoms with E-state index < -0.39 is 7.12 Å². The van der Waals surface area contributed by atoms with E-state index in [4.69, 9.17) is 4.74 Å². The van der Waals surface area contributed by atoms with Crippen LogP contribution in [0.25, 0.3) is 11.1 Å². The van der Waals surface area contributed by atoms with Crippen molar-refractivity contribution < 1.29 is 19.6 Å². The van der Waals surface area contributed by atoms with Gasteiger partial charge in [0, 0.05) is 5.56 Å². The fourth-order valence-corrected chi connectivity index (χ4v) is 3.62. The molecule has 1 aromatic heterocycles. The van der Waals surface area contributed by atoms with Crippen LogP contribution in [-0.2, 0) is 4.74 Å². The molecule has 1 heterocycles. The number of carbonyl (C=O) groups is 1. The van der Waals surface area contributed by atoms with E-state index in [1.165, 1.54) is 30.2 Å². The minimum Gasteiger partial charge on any atom is -0.465 e. The van der Waals surface area contributed by atoms with Crippen molar-refractivity contribution in [2.24, 2.45) is 0 Å². The van der Waals surface area contributed by atoms with E-state index in [1.54, 1.807) is 24.3 Å². The highest BCUT2D eigenvalue weighted by molar-refractivity contribution is 8.00. The van der Waals surface area contributed by atoms with Gasteiger partial charge < -0.3 is 14.8 Å². The number of thioether (sulfide) groups is 1. The van der Waals surface area contributed by atoms with Crippen LogP contribution >= 0.6 is 23.1 Å². The van der Waals surface area contributed by atoms with Crippen molar-refractivity contribution in [1.29, 1.82) is 0 Å². The van der Waals surface area contributed by atoms with Gasteiger partial charge in [-0.25, -0.2) is 4.79 Å². The molecular weight excluding hydrogens is 295 g/mol. The SMILES string of the molecule is COC(=O)c1cc(-c2cccc(B(O)O)c2)c(SC)s1. The molecule has 0 unspecified atom stereocenters. The van der Waals surface area contributed by atoms with Gasteiger partial charge in [0.25, 0.3) is 0 Å². The number of thiophene rings is 1. The molecule has 2 aromatic rings. The zero-order chi connectivity index (χ0) is 14.7. The first kappa shape index (κ1) is 15.1. The lowest BCUT2D eigenvalue weighted by molar-refractivity contribution is 0.0606. The fourth-order valence-electron chi connectivity index (χ4n) is 1.80. The Balaban J connectivity index is 2.48. The molecule has 20 heavy (non-hydrogen) atoms. The fraction of sp³-hybridized carbons (Fsp3) is 0.154. The number of rotatable bonds is 4. The Morgan fingerprint density at radius 3 is 2.70 bits per heavy atom. The van der Waals surface area contributed by atoms with Crippen LogP contribution in [0.3, 0.4) is 0 Å². The average Bonchev–Trinajstić information content (AvgIpc) is 2.90. The summed E-state index contributed by atoms with van der Waals surface area (Å²) in [7, 11) is -0.158. The summed E-state index contributed by atoms with van der Waals surface area (Å²) >= 11 is 2.90. The predicted molar refractivity (Wildman–Crippen MR) is 82.7 cm³/mol. The number of hydrogen-bond acceptors (Lipinski definition) is 6. The molecule has 0 saturated carbocycles. The Bertz CT molecular complexity index is 625. The smallest absolute Gasteiger partial charge is 0.465 e. The van der Waals surface area contributed by atoms with Crippen LogP contribution in [0.5, 0.6) is 0 Å². The molecule has 0 spiro atoms. The summed E-state index contributed by atoms with van der Waals surface area (Å²) in [5, 5.41) is 18.5. The van der Waals surface area contributed by atoms with Crippen LogP contribution in [0, 0.1) is 0 Å². The lowest BCUT2D eigenvalue weighted by Gasteiger charge is -2.04. The van der Waals surface area contributed by atoms with Gasteiger partial charge in [0.05, 0.1) is 11.3 Å². The van der Waals surface area contributed by atoms with Crippen LogP contribution < -0.4 is 5.46 Å². The van der Waals surface area contributed by atoms with Gasteiger partial charge in [0.2, 0.25) is 0 Å². The minimum atomic E-state index is -1.51. The van der Waals surface area contributed by atoms with Gasteiger partial charge in [-0.05, 0) is 23.3 Å². The van der Waals surface area contributed by atoms with Gasteiger partial charge >= 0.3 is 13.1 Å². The highest BCUT2D eigenvalue weighted by Gasteiger charge is 2.17. The van der Waals surface area contributed by atoms with Gasteiger partial charge in [0.15, 0.2) is 0 Å². The normalized spacial score (nSPS) is 10.4. The van der Waals surface area contributed by atoms with Gasteiger partial charge in [-0.1, -0.05) is 24.3 Å². The molecule has 7 heteroatoms. The molecule has 0 aliphatic carbocycles. The summed E-state index contributed by atoms with van der Waals surface area (Å²) in [6.07, 6.45) is 1.93. The van der Waals surface area contributed by atoms with E-state index in [1.807, 2.05) is 12.3 Å². The summed E-state index contributed by atoms with van der Waals surface area (Å²) < 4.78 is 5.71. The maximum absolute atomic E-state index is 11.6. The lowest BCUT2D eigenvalue weighted by atomic mass is 9.79. The Labute approximate surface area is 125 Å². The number of methoxy groups -OCH3 is 1. The molecule has 0 aliphatic heterocycles. The molecule has 0 atom stereocenters. The van der Waals surface area contributed by atoms with Gasteiger partial charge in [0.1, 0.15) is 4.88 Å². The van der Waals surface area contributed by atoms with Crippen LogP contribution in [0.1, 0.15) is 9.67 Å². The third-order valence-electron chi connectivity index (χ3n) is 2.77. The molecule has 0 radical (unpaired) electrons. The first-order chi connectivity index (χ1) is 9.56. The highest BCUT2D eigenvalue weighted by atomic mass is 32.2. The van der Waals surface area contributed by atoms with E-state index in [0.29, 0.717) is 10.3 Å². The molecule has 0 amide bonds. The molecule has 0 aliphatic rings. The second-order valence-corrected chi connectivity index (χ2v) is 6.13. The monoisotopic (exact) mass is 308 g/mol. The van der Waals surface area contributed by atoms with Crippen molar-refractivity contribution >= 4 is 41.6 Å². The van der Waals surface area contributed by atoms with E-state index in [2.05, 4.69) is 0 Å². The van der Waals surface area contributed by atoms with E-state index >= 15 is 0 Å². The topological polar surface area (TPSA) is 66.8 Å². The molecule has 2 N–H and O–H groups in total. The van der Waals surface area contributed by atoms with Crippen LogP contribution in [-0.4, -0.2) is 36.5 Å². The summed E-state index contributed by atoms with van der Waals surface area (Å²) in [6, 6.07) is 8.73. The maximum atomic E-state index is 11.6. The van der Waals surface area contributed by atoms with Crippen molar-refractivity contribution in [1.82, 2.24) is 0 Å². The second-order valence-electron chi connectivity index (χ2n) is 4.01. The average molecular weight is 308 g/mol. The zero-order valence-electron chi connectivity index (χ0n) is 11.0. The quantitative estimate of drug-likeness (QED) is 0.510. The molecule has 2 rings (SSSR count). The van der Waals surface area contributed by atoms with E-state index in [-0.39, 0.29) is 5.97 Å². The van der Waals surface area contributed by atoms with Crippen LogP contribution in [0.4, 0.5) is 0 Å². The van der Waals surface area contributed by atoms with Crippen LogP contribution in [0.15, 0.2) is 34.5 Å². The predicted octanol–water partition coefficient (Wildman–Crippen LogP) is 1.60. The van der Waals surface area contributed by atoms with E-state index in [9.17, 15) is 14.8 Å². The summed E-state index contributed by atoms with van der Waals surface area (Å²) in [5.41, 5.74) is 2.15. The first-order valence-electron chi connectivity index (χ1n) is 5.79. The molecular formula is C13H13BO4S2. The van der Waals surface area contributed by atoms with Crippen molar-refractivity contribution in [2.45, 2.75) is 4.21 Å². The molecule has 1 aromatic carbocycles. The highest BCUT2D eigenvalue weighted by Crippen LogP contribution is 2.37. The molecule has 0 fully saturated rings. The number of ether oxygens (including phenoxy) is 1. The standard InChI is InChI=1S/C13H13BO4S2/c1-18-12(15)11-7-10(13(19-2)20-11)8-4-3-5-9(6-8)14(16)17/h3-7,16-17H,1-2H3. The number of benzene rings is 1. The minimum absolute atomic E-state index is 0.366. The molecule has 0 saturated heterocycles. The van der Waals surface area contributed by atoms with Gasteiger partial charge in [-0.3, -0.25) is 0 Å². The third-order valence-corrected chi connectivity index (χ3v) is 5.02. The zero-order valence-corrected chi connectivity index (χ0v) is 12.6. The summed E-state index contributed by atoms with van der Waals surface area (Å²) in [5.74, 6) is -0.366. The largest absolute Gasteiger partial charge is 0.488 e. The summed E-state index contributed by atoms with van der Waals surface area (Å²) in [6.45, 7) is 0. The van der Waals surface area contributed by atoms with Gasteiger partial charge in [-0.15, -0.1) is 23.1 Å². The Kier molecular flexibility index (Phi) is 4.88. The van der Waals surface area contributed by atoms with Crippen molar-refractivity contribution in [3.63, 3.8) is 0 Å². The Hall–Kier alpha value is -1.28. The van der Waals surface area contributed by atoms with Gasteiger partial charge in [-0.2, -0.15) is 0 Å². The van der Waals surface area contributed by atoms with Crippen molar-refractivity contribution in [3.05, 3.63) is 35.2 Å². The number of hydrogen-bond donors (Lipinski definition) is 2. The number of esters is 1. The lowest BCUT2D eigenvalue weighted by Crippen LogP contribution is -2.29. The van der Waals surface area contributed by atoms with Crippen LogP contribution in [0.2, 0.25) is 0 Å². The molecule has 4 nitrogen and oxygen atoms in total. The second kappa shape index (κ2) is 6.45. The maximum Gasteiger partial charge on any atom is 0.488 e. The first-order valence-corrected chi connectivity index (χ1v) is 7.83. The number of carbonyl (C=O) groups excluding carboxylic acids is 1. The Morgan fingerprint density at radius 1 is 1.35 bits per heavy atom. The third kappa shape index (κ3) is 3.07. The van der Waals surface area contributed by atoms with E-state index in [0.717, 1.165) is 15.3 Å². The molecule has 0 bridgehead atoms. The van der Waals surface area contributed by atoms with Crippen molar-refractivity contribution in [2.75, 3.05) is 13.4 Å².